The van der Waals surface area contributed by atoms with Gasteiger partial charge in [0.15, 0.2) is 0 Å². The molecule has 1 atom stereocenters. The number of nitrogens with zero attached hydrogens (tertiary/aromatic N) is 4. The Morgan fingerprint density at radius 3 is 2.55 bits per heavy atom. The Morgan fingerprint density at radius 1 is 1.10 bits per heavy atom. The quantitative estimate of drug-likeness (QED) is 0.793. The lowest BCUT2D eigenvalue weighted by Crippen LogP contribution is -2.39. The van der Waals surface area contributed by atoms with Crippen LogP contribution in [0.1, 0.15) is 76.4 Å². The number of hydrogen-bond acceptors (Lipinski definition) is 5. The molecule has 2 fully saturated rings. The molecule has 0 radical (unpaired) electrons. The number of carbonyl (C=O) groups is 2. The third-order valence-electron chi connectivity index (χ3n) is 6.04. The topological polar surface area (TPSA) is 79.5 Å². The van der Waals surface area contributed by atoms with Crippen molar-refractivity contribution in [3.8, 4) is 0 Å². The third-order valence-corrected chi connectivity index (χ3v) is 6.04. The van der Waals surface area contributed by atoms with Crippen LogP contribution in [0.4, 0.5) is 0 Å². The van der Waals surface area contributed by atoms with Crippen molar-refractivity contribution in [1.82, 2.24) is 19.9 Å². The van der Waals surface area contributed by atoms with Gasteiger partial charge in [-0.1, -0.05) is 12.1 Å². The average molecular weight is 396 g/mol. The Labute approximate surface area is 171 Å². The molecule has 2 saturated heterocycles. The molecule has 0 saturated carbocycles. The van der Waals surface area contributed by atoms with Crippen LogP contribution in [0.5, 0.6) is 0 Å². The SMILES string of the molecule is CCc1noc(C)c1C(=O)N1CCC[C@H](c2ccc(C(=O)N3CCCC3)cn2)C1. The second-order valence-electron chi connectivity index (χ2n) is 7.98. The highest BCUT2D eigenvalue weighted by molar-refractivity contribution is 5.96. The fraction of sp³-hybridized carbons (Fsp3) is 0.545. The number of amides is 2. The van der Waals surface area contributed by atoms with Crippen molar-refractivity contribution in [2.45, 2.75) is 51.9 Å². The Balaban J connectivity index is 1.46. The van der Waals surface area contributed by atoms with E-state index in [9.17, 15) is 9.59 Å². The van der Waals surface area contributed by atoms with Crippen molar-refractivity contribution < 1.29 is 14.1 Å². The number of carbonyl (C=O) groups excluding carboxylic acids is 2. The Bertz CT molecular complexity index is 884. The molecule has 2 aliphatic heterocycles. The molecule has 2 aromatic rings. The summed E-state index contributed by atoms with van der Waals surface area (Å²) in [6.45, 7) is 6.79. The summed E-state index contributed by atoms with van der Waals surface area (Å²) >= 11 is 0. The zero-order chi connectivity index (χ0) is 20.4. The van der Waals surface area contributed by atoms with Gasteiger partial charge in [-0.15, -0.1) is 0 Å². The first kappa shape index (κ1) is 19.6. The minimum absolute atomic E-state index is 0.00821. The second-order valence-corrected chi connectivity index (χ2v) is 7.98. The van der Waals surface area contributed by atoms with E-state index in [-0.39, 0.29) is 17.7 Å². The van der Waals surface area contributed by atoms with Crippen molar-refractivity contribution >= 4 is 11.8 Å². The lowest BCUT2D eigenvalue weighted by molar-refractivity contribution is 0.0703. The van der Waals surface area contributed by atoms with E-state index in [1.165, 1.54) is 0 Å². The predicted octanol–water partition coefficient (Wildman–Crippen LogP) is 3.20. The Hall–Kier alpha value is -2.70. The van der Waals surface area contributed by atoms with Gasteiger partial charge in [-0.05, 0) is 51.2 Å². The minimum atomic E-state index is -0.00821. The molecule has 0 spiro atoms. The van der Waals surface area contributed by atoms with Crippen LogP contribution in [0, 0.1) is 6.92 Å². The summed E-state index contributed by atoms with van der Waals surface area (Å²) in [6.07, 6.45) is 6.43. The first-order chi connectivity index (χ1) is 14.1. The standard InChI is InChI=1S/C22H28N4O3/c1-3-18-20(15(2)29-24-18)22(28)26-12-6-7-17(14-26)19-9-8-16(13-23-19)21(27)25-10-4-5-11-25/h8-9,13,17H,3-7,10-12,14H2,1-2H3/t17-/m0/s1. The van der Waals surface area contributed by atoms with Crippen LogP contribution in [0.15, 0.2) is 22.9 Å². The molecular weight excluding hydrogens is 368 g/mol. The van der Waals surface area contributed by atoms with Gasteiger partial charge in [0, 0.05) is 44.0 Å². The van der Waals surface area contributed by atoms with E-state index in [0.29, 0.717) is 29.9 Å². The van der Waals surface area contributed by atoms with Gasteiger partial charge >= 0.3 is 0 Å². The molecule has 154 valence electrons. The van der Waals surface area contributed by atoms with Crippen molar-refractivity contribution in [1.29, 1.82) is 0 Å². The van der Waals surface area contributed by atoms with E-state index in [4.69, 9.17) is 4.52 Å². The number of aryl methyl sites for hydroxylation is 2. The normalized spacial score (nSPS) is 19.6. The first-order valence-electron chi connectivity index (χ1n) is 10.6. The Morgan fingerprint density at radius 2 is 1.86 bits per heavy atom. The van der Waals surface area contributed by atoms with Gasteiger partial charge in [-0.3, -0.25) is 14.6 Å². The fourth-order valence-electron chi connectivity index (χ4n) is 4.37. The molecule has 7 heteroatoms. The number of aromatic nitrogens is 2. The number of likely N-dealkylation sites (tertiary alicyclic amines) is 2. The molecular formula is C22H28N4O3. The second kappa shape index (κ2) is 8.35. The molecule has 0 unspecified atom stereocenters. The summed E-state index contributed by atoms with van der Waals surface area (Å²) in [7, 11) is 0. The van der Waals surface area contributed by atoms with Crippen molar-refractivity contribution in [3.05, 3.63) is 46.6 Å². The van der Waals surface area contributed by atoms with Gasteiger partial charge in [0.05, 0.1) is 11.3 Å². The molecule has 7 nitrogen and oxygen atoms in total. The van der Waals surface area contributed by atoms with Gasteiger partial charge < -0.3 is 14.3 Å². The molecule has 2 aliphatic rings. The van der Waals surface area contributed by atoms with Crippen LogP contribution < -0.4 is 0 Å². The highest BCUT2D eigenvalue weighted by Crippen LogP contribution is 2.28. The maximum absolute atomic E-state index is 13.1. The minimum Gasteiger partial charge on any atom is -0.361 e. The van der Waals surface area contributed by atoms with Crippen LogP contribution in [0.25, 0.3) is 0 Å². The summed E-state index contributed by atoms with van der Waals surface area (Å²) in [5, 5.41) is 4.02. The summed E-state index contributed by atoms with van der Waals surface area (Å²) < 4.78 is 5.24. The van der Waals surface area contributed by atoms with Gasteiger partial charge in [0.25, 0.3) is 11.8 Å². The lowest BCUT2D eigenvalue weighted by Gasteiger charge is -2.32. The monoisotopic (exact) mass is 396 g/mol. The highest BCUT2D eigenvalue weighted by Gasteiger charge is 2.30. The van der Waals surface area contributed by atoms with Gasteiger partial charge in [-0.25, -0.2) is 0 Å². The number of rotatable bonds is 4. The number of piperidine rings is 1. The molecule has 29 heavy (non-hydrogen) atoms. The van der Waals surface area contributed by atoms with Crippen molar-refractivity contribution in [3.63, 3.8) is 0 Å². The van der Waals surface area contributed by atoms with Crippen LogP contribution in [0.3, 0.4) is 0 Å². The molecule has 2 amide bonds. The van der Waals surface area contributed by atoms with Gasteiger partial charge in [-0.2, -0.15) is 0 Å². The zero-order valence-electron chi connectivity index (χ0n) is 17.2. The molecule has 4 rings (SSSR count). The fourth-order valence-corrected chi connectivity index (χ4v) is 4.37. The third kappa shape index (κ3) is 3.91. The van der Waals surface area contributed by atoms with E-state index in [1.54, 1.807) is 13.1 Å². The van der Waals surface area contributed by atoms with Crippen LogP contribution in [0.2, 0.25) is 0 Å². The van der Waals surface area contributed by atoms with Crippen LogP contribution >= 0.6 is 0 Å². The highest BCUT2D eigenvalue weighted by atomic mass is 16.5. The smallest absolute Gasteiger partial charge is 0.259 e. The van der Waals surface area contributed by atoms with Gasteiger partial charge in [0.2, 0.25) is 0 Å². The summed E-state index contributed by atoms with van der Waals surface area (Å²) in [4.78, 5) is 34.0. The molecule has 0 aliphatic carbocycles. The van der Waals surface area contributed by atoms with Crippen LogP contribution in [-0.2, 0) is 6.42 Å². The predicted molar refractivity (Wildman–Crippen MR) is 108 cm³/mol. The summed E-state index contributed by atoms with van der Waals surface area (Å²) in [5.41, 5.74) is 2.91. The van der Waals surface area contributed by atoms with Crippen LogP contribution in [-0.4, -0.2) is 57.9 Å². The summed E-state index contributed by atoms with van der Waals surface area (Å²) in [5.74, 6) is 0.814. The maximum Gasteiger partial charge on any atom is 0.259 e. The number of hydrogen-bond donors (Lipinski definition) is 0. The molecule has 4 heterocycles. The van der Waals surface area contributed by atoms with E-state index in [2.05, 4.69) is 10.1 Å². The molecule has 2 aromatic heterocycles. The van der Waals surface area contributed by atoms with E-state index in [0.717, 1.165) is 56.7 Å². The maximum atomic E-state index is 13.1. The van der Waals surface area contributed by atoms with Crippen molar-refractivity contribution in [2.75, 3.05) is 26.2 Å². The number of pyridine rings is 1. The molecule has 0 bridgehead atoms. The summed E-state index contributed by atoms with van der Waals surface area (Å²) in [6, 6.07) is 3.83. The Kier molecular flexibility index (Phi) is 5.65. The van der Waals surface area contributed by atoms with E-state index < -0.39 is 0 Å². The van der Waals surface area contributed by atoms with Gasteiger partial charge in [0.1, 0.15) is 11.3 Å². The van der Waals surface area contributed by atoms with E-state index >= 15 is 0 Å². The molecule has 0 N–H and O–H groups in total. The lowest BCUT2D eigenvalue weighted by atomic mass is 9.93. The van der Waals surface area contributed by atoms with Crippen molar-refractivity contribution in [2.24, 2.45) is 0 Å². The average Bonchev–Trinajstić information content (AvgIpc) is 3.43. The first-order valence-corrected chi connectivity index (χ1v) is 10.6. The molecule has 0 aromatic carbocycles. The zero-order valence-corrected chi connectivity index (χ0v) is 17.2. The largest absolute Gasteiger partial charge is 0.361 e. The van der Waals surface area contributed by atoms with E-state index in [1.807, 2.05) is 28.9 Å².